The van der Waals surface area contributed by atoms with E-state index in [1.165, 1.54) is 11.3 Å². The lowest BCUT2D eigenvalue weighted by Gasteiger charge is -2.13. The number of benzene rings is 2. The van der Waals surface area contributed by atoms with Gasteiger partial charge in [-0.1, -0.05) is 28.1 Å². The fourth-order valence-corrected chi connectivity index (χ4v) is 4.53. The largest absolute Gasteiger partial charge is 0.492 e. The molecule has 1 aliphatic heterocycles. The summed E-state index contributed by atoms with van der Waals surface area (Å²) in [4.78, 5) is 17.3. The van der Waals surface area contributed by atoms with Crippen molar-refractivity contribution in [3.63, 3.8) is 0 Å². The number of thiazole rings is 1. The first-order valence-electron chi connectivity index (χ1n) is 9.48. The van der Waals surface area contributed by atoms with E-state index in [4.69, 9.17) is 9.47 Å². The molecule has 0 spiro atoms. The molecule has 1 aromatic heterocycles. The number of anilines is 1. The first-order chi connectivity index (χ1) is 14.0. The van der Waals surface area contributed by atoms with Crippen LogP contribution in [0, 0.1) is 0 Å². The van der Waals surface area contributed by atoms with E-state index in [0.29, 0.717) is 18.0 Å². The highest BCUT2D eigenvalue weighted by molar-refractivity contribution is 9.10. The van der Waals surface area contributed by atoms with Crippen LogP contribution in [0.4, 0.5) is 5.69 Å². The van der Waals surface area contributed by atoms with Crippen LogP contribution in [0.2, 0.25) is 0 Å². The van der Waals surface area contributed by atoms with Gasteiger partial charge in [-0.15, -0.1) is 11.3 Å². The maximum Gasteiger partial charge on any atom is 0.230 e. The van der Waals surface area contributed by atoms with Crippen molar-refractivity contribution < 1.29 is 14.3 Å². The fourth-order valence-electron chi connectivity index (χ4n) is 3.31. The minimum absolute atomic E-state index is 0.136. The lowest BCUT2D eigenvalue weighted by Crippen LogP contribution is -2.15. The predicted octanol–water partition coefficient (Wildman–Crippen LogP) is 5.48. The zero-order chi connectivity index (χ0) is 20.4. The third-order valence-corrected chi connectivity index (χ3v) is 5.97. The number of ether oxygens (including phenoxy) is 2. The van der Waals surface area contributed by atoms with E-state index in [-0.39, 0.29) is 18.4 Å². The highest BCUT2D eigenvalue weighted by atomic mass is 79.9. The van der Waals surface area contributed by atoms with E-state index >= 15 is 0 Å². The molecular weight excluding hydrogens is 452 g/mol. The van der Waals surface area contributed by atoms with E-state index in [0.717, 1.165) is 38.5 Å². The number of aromatic nitrogens is 1. The zero-order valence-electron chi connectivity index (χ0n) is 16.2. The number of hydrogen-bond acceptors (Lipinski definition) is 5. The third-order valence-electron chi connectivity index (χ3n) is 4.54. The van der Waals surface area contributed by atoms with E-state index < -0.39 is 0 Å². The molecule has 4 rings (SSSR count). The predicted molar refractivity (Wildman–Crippen MR) is 119 cm³/mol. The molecule has 2 heterocycles. The molecule has 0 aliphatic carbocycles. The van der Waals surface area contributed by atoms with Crippen molar-refractivity contribution in [2.75, 3.05) is 11.9 Å². The molecule has 0 fully saturated rings. The number of rotatable bonds is 6. The Morgan fingerprint density at radius 1 is 1.38 bits per heavy atom. The monoisotopic (exact) mass is 472 g/mol. The van der Waals surface area contributed by atoms with Crippen LogP contribution in [0.25, 0.3) is 10.6 Å². The Bertz CT molecular complexity index is 1050. The van der Waals surface area contributed by atoms with Crippen LogP contribution < -0.4 is 14.8 Å². The van der Waals surface area contributed by atoms with Crippen molar-refractivity contribution in [3.05, 3.63) is 57.5 Å². The Balaban J connectivity index is 1.48. The molecule has 1 N–H and O–H groups in total. The van der Waals surface area contributed by atoms with Crippen LogP contribution in [0.1, 0.15) is 25.1 Å². The highest BCUT2D eigenvalue weighted by Crippen LogP contribution is 2.38. The molecule has 1 unspecified atom stereocenters. The standard InChI is InChI=1S/C22H21BrN2O3S/c1-3-27-20-9-15-7-13(2)28-19(15)11-18(20)25-21(26)10-17-12-29-22(24-17)14-5-4-6-16(23)8-14/h4-6,8-9,11-13H,3,7,10H2,1-2H3,(H,25,26). The number of carbonyl (C=O) groups is 1. The minimum Gasteiger partial charge on any atom is -0.492 e. The maximum absolute atomic E-state index is 12.7. The normalized spacial score (nSPS) is 14.9. The molecule has 3 aromatic rings. The molecule has 0 saturated heterocycles. The van der Waals surface area contributed by atoms with Gasteiger partial charge in [0, 0.05) is 33.5 Å². The van der Waals surface area contributed by atoms with Crippen LogP contribution >= 0.6 is 27.3 Å². The number of halogens is 1. The lowest BCUT2D eigenvalue weighted by atomic mass is 10.1. The van der Waals surface area contributed by atoms with Gasteiger partial charge in [0.15, 0.2) is 0 Å². The van der Waals surface area contributed by atoms with Crippen LogP contribution in [0.15, 0.2) is 46.3 Å². The van der Waals surface area contributed by atoms with Gasteiger partial charge in [-0.3, -0.25) is 4.79 Å². The smallest absolute Gasteiger partial charge is 0.230 e. The molecule has 1 amide bonds. The van der Waals surface area contributed by atoms with Crippen LogP contribution in [0.3, 0.4) is 0 Å². The molecule has 150 valence electrons. The fraction of sp³-hybridized carbons (Fsp3) is 0.273. The van der Waals surface area contributed by atoms with Gasteiger partial charge in [0.05, 0.1) is 24.4 Å². The van der Waals surface area contributed by atoms with Crippen molar-refractivity contribution in [1.82, 2.24) is 4.98 Å². The van der Waals surface area contributed by atoms with Gasteiger partial charge in [0.25, 0.3) is 0 Å². The van der Waals surface area contributed by atoms with Crippen LogP contribution in [-0.2, 0) is 17.6 Å². The second kappa shape index (κ2) is 8.55. The van der Waals surface area contributed by atoms with Crippen molar-refractivity contribution >= 4 is 38.9 Å². The maximum atomic E-state index is 12.7. The highest BCUT2D eigenvalue weighted by Gasteiger charge is 2.22. The van der Waals surface area contributed by atoms with Crippen LogP contribution in [0.5, 0.6) is 11.5 Å². The van der Waals surface area contributed by atoms with Gasteiger partial charge in [0.2, 0.25) is 5.91 Å². The molecule has 0 bridgehead atoms. The Kier molecular flexibility index (Phi) is 5.87. The van der Waals surface area contributed by atoms with Gasteiger partial charge >= 0.3 is 0 Å². The molecule has 7 heteroatoms. The summed E-state index contributed by atoms with van der Waals surface area (Å²) in [5.74, 6) is 1.34. The number of carbonyl (C=O) groups excluding carboxylic acids is 1. The summed E-state index contributed by atoms with van der Waals surface area (Å²) in [6.07, 6.45) is 1.18. The zero-order valence-corrected chi connectivity index (χ0v) is 18.6. The first-order valence-corrected chi connectivity index (χ1v) is 11.2. The molecule has 0 saturated carbocycles. The van der Waals surface area contributed by atoms with Crippen molar-refractivity contribution in [2.45, 2.75) is 32.8 Å². The number of hydrogen-bond donors (Lipinski definition) is 1. The minimum atomic E-state index is -0.136. The summed E-state index contributed by atoms with van der Waals surface area (Å²) in [6, 6.07) is 11.8. The Hall–Kier alpha value is -2.38. The average molecular weight is 473 g/mol. The quantitative estimate of drug-likeness (QED) is 0.516. The van der Waals surface area contributed by atoms with Crippen molar-refractivity contribution in [2.24, 2.45) is 0 Å². The second-order valence-electron chi connectivity index (χ2n) is 6.90. The SMILES string of the molecule is CCOc1cc2c(cc1NC(=O)Cc1csc(-c3cccc(Br)c3)n1)OC(C)C2. The molecule has 2 aromatic carbocycles. The summed E-state index contributed by atoms with van der Waals surface area (Å²) in [5, 5.41) is 5.78. The summed E-state index contributed by atoms with van der Waals surface area (Å²) >= 11 is 5.01. The molecule has 1 atom stereocenters. The van der Waals surface area contributed by atoms with E-state index in [2.05, 4.69) is 26.2 Å². The van der Waals surface area contributed by atoms with E-state index in [9.17, 15) is 4.79 Å². The summed E-state index contributed by atoms with van der Waals surface area (Å²) in [6.45, 7) is 4.49. The molecule has 1 aliphatic rings. The average Bonchev–Trinajstić information content (AvgIpc) is 3.27. The number of nitrogens with zero attached hydrogens (tertiary/aromatic N) is 1. The topological polar surface area (TPSA) is 60.5 Å². The first kappa shape index (κ1) is 19.9. The van der Waals surface area contributed by atoms with Crippen molar-refractivity contribution in [1.29, 1.82) is 0 Å². The van der Waals surface area contributed by atoms with Gasteiger partial charge in [-0.05, 0) is 32.0 Å². The van der Waals surface area contributed by atoms with E-state index in [1.54, 1.807) is 0 Å². The third kappa shape index (κ3) is 4.62. The van der Waals surface area contributed by atoms with Gasteiger partial charge < -0.3 is 14.8 Å². The van der Waals surface area contributed by atoms with Crippen LogP contribution in [-0.4, -0.2) is 23.6 Å². The molecule has 0 radical (unpaired) electrons. The lowest BCUT2D eigenvalue weighted by molar-refractivity contribution is -0.115. The number of nitrogens with one attached hydrogen (secondary N) is 1. The summed E-state index contributed by atoms with van der Waals surface area (Å²) < 4.78 is 12.6. The molecule has 5 nitrogen and oxygen atoms in total. The van der Waals surface area contributed by atoms with Gasteiger partial charge in [-0.25, -0.2) is 4.98 Å². The Morgan fingerprint density at radius 2 is 2.24 bits per heavy atom. The van der Waals surface area contributed by atoms with Gasteiger partial charge in [0.1, 0.15) is 22.6 Å². The van der Waals surface area contributed by atoms with Crippen molar-refractivity contribution in [3.8, 4) is 22.1 Å². The summed E-state index contributed by atoms with van der Waals surface area (Å²) in [5.41, 5.74) is 3.51. The number of fused-ring (bicyclic) bond motifs is 1. The Morgan fingerprint density at radius 3 is 3.03 bits per heavy atom. The molecular formula is C22H21BrN2O3S. The summed E-state index contributed by atoms with van der Waals surface area (Å²) in [7, 11) is 0. The van der Waals surface area contributed by atoms with E-state index in [1.807, 2.05) is 55.6 Å². The molecule has 29 heavy (non-hydrogen) atoms. The van der Waals surface area contributed by atoms with Gasteiger partial charge in [-0.2, -0.15) is 0 Å². The number of amides is 1. The second-order valence-corrected chi connectivity index (χ2v) is 8.67. The Labute approximate surface area is 182 Å².